The second-order valence-electron chi connectivity index (χ2n) is 12.8. The number of amides is 2. The molecule has 34 heavy (non-hydrogen) atoms. The summed E-state index contributed by atoms with van der Waals surface area (Å²) in [5, 5.41) is 13.4. The highest BCUT2D eigenvalue weighted by molar-refractivity contribution is 5.98. The Balaban J connectivity index is 2.07. The van der Waals surface area contributed by atoms with Gasteiger partial charge in [0.1, 0.15) is 17.6 Å². The van der Waals surface area contributed by atoms with E-state index in [1.54, 1.807) is 6.92 Å². The molecule has 0 aromatic heterocycles. The summed E-state index contributed by atoms with van der Waals surface area (Å²) in [6, 6.07) is -1.49. The molecule has 0 saturated carbocycles. The third kappa shape index (κ3) is 4.36. The number of nitrogens with one attached hydrogen (secondary N) is 1. The molecule has 3 fully saturated rings. The summed E-state index contributed by atoms with van der Waals surface area (Å²) in [7, 11) is 0. The monoisotopic (exact) mass is 480 g/mol. The van der Waals surface area contributed by atoms with Crippen LogP contribution in [0.25, 0.3) is 0 Å². The van der Waals surface area contributed by atoms with Gasteiger partial charge in [0.15, 0.2) is 0 Å². The fraction of sp³-hybridized carbons (Fsp3) is 0.885. The molecule has 3 heterocycles. The van der Waals surface area contributed by atoms with Crippen molar-refractivity contribution in [2.75, 3.05) is 13.2 Å². The van der Waals surface area contributed by atoms with Crippen molar-refractivity contribution in [1.82, 2.24) is 10.2 Å². The summed E-state index contributed by atoms with van der Waals surface area (Å²) >= 11 is 0. The van der Waals surface area contributed by atoms with Gasteiger partial charge in [0.05, 0.1) is 30.8 Å². The summed E-state index contributed by atoms with van der Waals surface area (Å²) in [5.41, 5.74) is -2.51. The summed E-state index contributed by atoms with van der Waals surface area (Å²) < 4.78 is 11.9. The van der Waals surface area contributed by atoms with Crippen LogP contribution in [0.1, 0.15) is 81.6 Å². The number of aliphatic hydroxyl groups excluding tert-OH is 1. The maximum absolute atomic E-state index is 14.0. The van der Waals surface area contributed by atoms with Gasteiger partial charge in [0.2, 0.25) is 11.8 Å². The highest BCUT2D eigenvalue weighted by atomic mass is 16.6. The van der Waals surface area contributed by atoms with E-state index in [2.05, 4.69) is 26.1 Å². The number of rotatable bonds is 8. The average Bonchev–Trinajstić information content (AvgIpc) is 3.21. The van der Waals surface area contributed by atoms with Gasteiger partial charge in [-0.3, -0.25) is 14.4 Å². The molecule has 3 aliphatic rings. The van der Waals surface area contributed by atoms with Crippen molar-refractivity contribution in [3.8, 4) is 0 Å². The lowest BCUT2D eigenvalue weighted by atomic mass is 9.66. The number of aliphatic hydroxyl groups is 1. The number of carbonyl (C=O) groups excluding carboxylic acids is 3. The maximum Gasteiger partial charge on any atom is 0.312 e. The molecule has 3 saturated heterocycles. The first-order valence-electron chi connectivity index (χ1n) is 12.7. The van der Waals surface area contributed by atoms with Crippen molar-refractivity contribution in [2.45, 2.75) is 110 Å². The Morgan fingerprint density at radius 3 is 2.35 bits per heavy atom. The minimum absolute atomic E-state index is 0.0147. The Kier molecular flexibility index (Phi) is 6.94. The fourth-order valence-electron chi connectivity index (χ4n) is 7.00. The minimum Gasteiger partial charge on any atom is -0.466 e. The van der Waals surface area contributed by atoms with E-state index in [0.717, 1.165) is 6.42 Å². The van der Waals surface area contributed by atoms with Gasteiger partial charge < -0.3 is 24.8 Å². The van der Waals surface area contributed by atoms with E-state index in [1.807, 2.05) is 34.6 Å². The van der Waals surface area contributed by atoms with Crippen LogP contribution in [-0.2, 0) is 23.9 Å². The van der Waals surface area contributed by atoms with Gasteiger partial charge in [-0.05, 0) is 58.3 Å². The Morgan fingerprint density at radius 2 is 1.85 bits per heavy atom. The van der Waals surface area contributed by atoms with Gasteiger partial charge in [-0.1, -0.05) is 34.6 Å². The van der Waals surface area contributed by atoms with Crippen LogP contribution in [0.5, 0.6) is 0 Å². The predicted octanol–water partition coefficient (Wildman–Crippen LogP) is 2.66. The second kappa shape index (κ2) is 8.77. The van der Waals surface area contributed by atoms with E-state index < -0.39 is 46.6 Å². The molecule has 2 bridgehead atoms. The van der Waals surface area contributed by atoms with E-state index in [-0.39, 0.29) is 36.4 Å². The third-order valence-electron chi connectivity index (χ3n) is 7.75. The van der Waals surface area contributed by atoms with Crippen LogP contribution < -0.4 is 5.32 Å². The molecule has 0 aromatic rings. The standard InChI is InChI=1S/C26H44N2O6/c1-10-33-22(32)18-17-21(31)28(16(13-29)15(2)3)19(26(17)12-11-25(18,9)34-26)20(30)27-24(7,8)14-23(4,5)6/h15-19,29H,10-14H2,1-9H3,(H,27,30)/t16-,17-,18+,19?,25-,26?/m0/s1. The maximum atomic E-state index is 14.0. The van der Waals surface area contributed by atoms with Gasteiger partial charge in [-0.15, -0.1) is 0 Å². The molecule has 2 amide bonds. The van der Waals surface area contributed by atoms with Gasteiger partial charge in [-0.25, -0.2) is 0 Å². The molecular weight excluding hydrogens is 436 g/mol. The fourth-order valence-corrected chi connectivity index (χ4v) is 7.00. The largest absolute Gasteiger partial charge is 0.466 e. The Hall–Kier alpha value is -1.67. The Labute approximate surface area is 204 Å². The summed E-state index contributed by atoms with van der Waals surface area (Å²) in [4.78, 5) is 42.6. The first kappa shape index (κ1) is 26.9. The molecule has 2 N–H and O–H groups in total. The quantitative estimate of drug-likeness (QED) is 0.518. The lowest BCUT2D eigenvalue weighted by Crippen LogP contribution is -2.62. The van der Waals surface area contributed by atoms with E-state index in [9.17, 15) is 19.5 Å². The summed E-state index contributed by atoms with van der Waals surface area (Å²) in [5.74, 6) is -2.72. The van der Waals surface area contributed by atoms with E-state index in [0.29, 0.717) is 12.8 Å². The molecular formula is C26H44N2O6. The van der Waals surface area contributed by atoms with Crippen LogP contribution in [0, 0.1) is 23.2 Å². The van der Waals surface area contributed by atoms with Crippen molar-refractivity contribution < 1.29 is 29.0 Å². The zero-order chi connectivity index (χ0) is 25.9. The van der Waals surface area contributed by atoms with Crippen LogP contribution in [-0.4, -0.2) is 69.8 Å². The van der Waals surface area contributed by atoms with Crippen LogP contribution in [0.15, 0.2) is 0 Å². The Bertz CT molecular complexity index is 834. The van der Waals surface area contributed by atoms with Crippen molar-refractivity contribution in [2.24, 2.45) is 23.2 Å². The number of hydrogen-bond donors (Lipinski definition) is 2. The highest BCUT2D eigenvalue weighted by Gasteiger charge is 2.79. The number of nitrogens with zero attached hydrogens (tertiary/aromatic N) is 1. The Morgan fingerprint density at radius 1 is 1.24 bits per heavy atom. The van der Waals surface area contributed by atoms with E-state index >= 15 is 0 Å². The number of fused-ring (bicyclic) bond motifs is 1. The van der Waals surface area contributed by atoms with Crippen LogP contribution in [0.3, 0.4) is 0 Å². The first-order valence-corrected chi connectivity index (χ1v) is 12.7. The minimum atomic E-state index is -1.12. The molecule has 2 unspecified atom stereocenters. The SMILES string of the molecule is CCOC(=O)[C@H]1[C@H]2C(=O)N([C@@H](CO)C(C)C)C(C(=O)NC(C)(C)CC(C)(C)C)C23CC[C@]1(C)O3. The van der Waals surface area contributed by atoms with Crippen LogP contribution in [0.2, 0.25) is 0 Å². The lowest BCUT2D eigenvalue weighted by molar-refractivity contribution is -0.161. The van der Waals surface area contributed by atoms with Crippen molar-refractivity contribution >= 4 is 17.8 Å². The predicted molar refractivity (Wildman–Crippen MR) is 128 cm³/mol. The highest BCUT2D eigenvalue weighted by Crippen LogP contribution is 2.63. The molecule has 8 heteroatoms. The number of esters is 1. The zero-order valence-electron chi connectivity index (χ0n) is 22.4. The molecule has 8 nitrogen and oxygen atoms in total. The lowest BCUT2D eigenvalue weighted by Gasteiger charge is -2.41. The molecule has 194 valence electrons. The topological polar surface area (TPSA) is 105 Å². The van der Waals surface area contributed by atoms with E-state index in [4.69, 9.17) is 9.47 Å². The summed E-state index contributed by atoms with van der Waals surface area (Å²) in [6.45, 7) is 17.7. The molecule has 0 radical (unpaired) electrons. The van der Waals surface area contributed by atoms with E-state index in [1.165, 1.54) is 4.90 Å². The van der Waals surface area contributed by atoms with Crippen molar-refractivity contribution in [3.05, 3.63) is 0 Å². The van der Waals surface area contributed by atoms with Gasteiger partial charge in [0.25, 0.3) is 0 Å². The van der Waals surface area contributed by atoms with Crippen LogP contribution in [0.4, 0.5) is 0 Å². The number of ether oxygens (including phenoxy) is 2. The summed E-state index contributed by atoms with van der Waals surface area (Å²) in [6.07, 6.45) is 1.80. The van der Waals surface area contributed by atoms with Gasteiger partial charge >= 0.3 is 5.97 Å². The average molecular weight is 481 g/mol. The number of hydrogen-bond acceptors (Lipinski definition) is 6. The second-order valence-corrected chi connectivity index (χ2v) is 12.8. The number of carbonyl (C=O) groups is 3. The molecule has 6 atom stereocenters. The molecule has 0 aromatic carbocycles. The molecule has 1 spiro atoms. The first-order chi connectivity index (χ1) is 15.5. The molecule has 0 aliphatic carbocycles. The normalized spacial score (nSPS) is 33.9. The van der Waals surface area contributed by atoms with Gasteiger partial charge in [-0.2, -0.15) is 0 Å². The molecule has 3 rings (SSSR count). The van der Waals surface area contributed by atoms with Crippen LogP contribution >= 0.6 is 0 Å². The smallest absolute Gasteiger partial charge is 0.312 e. The van der Waals surface area contributed by atoms with Crippen molar-refractivity contribution in [3.63, 3.8) is 0 Å². The van der Waals surface area contributed by atoms with Crippen molar-refractivity contribution in [1.29, 1.82) is 0 Å². The van der Waals surface area contributed by atoms with Gasteiger partial charge in [0, 0.05) is 5.54 Å². The third-order valence-corrected chi connectivity index (χ3v) is 7.75. The molecule has 3 aliphatic heterocycles. The zero-order valence-corrected chi connectivity index (χ0v) is 22.4. The number of likely N-dealkylation sites (tertiary alicyclic amines) is 1.